The first-order valence-corrected chi connectivity index (χ1v) is 3.82. The van der Waals surface area contributed by atoms with Crippen LogP contribution in [0, 0.1) is 0 Å². The van der Waals surface area contributed by atoms with Crippen molar-refractivity contribution in [3.8, 4) is 0 Å². The Balaban J connectivity index is 2.96. The fourth-order valence-corrected chi connectivity index (χ4v) is 1.38. The van der Waals surface area contributed by atoms with E-state index in [0.29, 0.717) is 10.0 Å². The standard InChI is InChI=1S/C7H4Cl2N2/c8-4-1-2-5(9)7-6(4)10-3-11-7/h1-3H,(H,10,11). The second-order valence-corrected chi connectivity index (χ2v) is 2.97. The molecule has 2 nitrogen and oxygen atoms in total. The third-order valence-electron chi connectivity index (χ3n) is 1.48. The summed E-state index contributed by atoms with van der Waals surface area (Å²) < 4.78 is 0. The molecule has 0 aliphatic carbocycles. The highest BCUT2D eigenvalue weighted by Gasteiger charge is 2.03. The van der Waals surface area contributed by atoms with Crippen molar-refractivity contribution in [2.75, 3.05) is 0 Å². The van der Waals surface area contributed by atoms with E-state index in [1.807, 2.05) is 0 Å². The minimum atomic E-state index is 0.616. The van der Waals surface area contributed by atoms with Gasteiger partial charge in [0.1, 0.15) is 5.52 Å². The van der Waals surface area contributed by atoms with Gasteiger partial charge in [0, 0.05) is 0 Å². The van der Waals surface area contributed by atoms with E-state index in [2.05, 4.69) is 9.97 Å². The van der Waals surface area contributed by atoms with Crippen LogP contribution >= 0.6 is 23.2 Å². The van der Waals surface area contributed by atoms with Crippen LogP contribution in [0.15, 0.2) is 18.5 Å². The Bertz CT molecular complexity index is 358. The van der Waals surface area contributed by atoms with Crippen molar-refractivity contribution in [3.05, 3.63) is 28.5 Å². The molecule has 1 aromatic heterocycles. The van der Waals surface area contributed by atoms with Crippen molar-refractivity contribution in [2.45, 2.75) is 0 Å². The van der Waals surface area contributed by atoms with Crippen LogP contribution in [-0.4, -0.2) is 9.97 Å². The zero-order chi connectivity index (χ0) is 7.84. The number of nitrogens with one attached hydrogen (secondary N) is 1. The maximum Gasteiger partial charge on any atom is 0.108 e. The van der Waals surface area contributed by atoms with Gasteiger partial charge in [-0.1, -0.05) is 23.2 Å². The maximum atomic E-state index is 5.84. The molecule has 2 rings (SSSR count). The molecule has 0 spiro atoms. The van der Waals surface area contributed by atoms with Gasteiger partial charge in [-0.25, -0.2) is 4.98 Å². The quantitative estimate of drug-likeness (QED) is 0.674. The fraction of sp³-hybridized carbons (Fsp3) is 0. The topological polar surface area (TPSA) is 28.7 Å². The Morgan fingerprint density at radius 2 is 1.91 bits per heavy atom. The predicted octanol–water partition coefficient (Wildman–Crippen LogP) is 2.87. The van der Waals surface area contributed by atoms with E-state index in [-0.39, 0.29) is 0 Å². The first-order valence-electron chi connectivity index (χ1n) is 3.06. The summed E-state index contributed by atoms with van der Waals surface area (Å²) in [7, 11) is 0. The second-order valence-electron chi connectivity index (χ2n) is 2.16. The van der Waals surface area contributed by atoms with Crippen molar-refractivity contribution in [3.63, 3.8) is 0 Å². The molecular weight excluding hydrogens is 183 g/mol. The van der Waals surface area contributed by atoms with Crippen molar-refractivity contribution >= 4 is 34.2 Å². The van der Waals surface area contributed by atoms with Crippen molar-refractivity contribution in [1.29, 1.82) is 0 Å². The average Bonchev–Trinajstić information content (AvgIpc) is 2.45. The highest BCUT2D eigenvalue weighted by Crippen LogP contribution is 2.26. The Kier molecular flexibility index (Phi) is 1.51. The van der Waals surface area contributed by atoms with Crippen LogP contribution in [0.3, 0.4) is 0 Å². The zero-order valence-electron chi connectivity index (χ0n) is 5.44. The van der Waals surface area contributed by atoms with E-state index >= 15 is 0 Å². The molecule has 0 saturated carbocycles. The molecule has 0 fully saturated rings. The number of hydrogen-bond acceptors (Lipinski definition) is 1. The van der Waals surface area contributed by atoms with E-state index in [9.17, 15) is 0 Å². The minimum Gasteiger partial charge on any atom is -0.343 e. The number of aromatic amines is 1. The van der Waals surface area contributed by atoms with E-state index in [0.717, 1.165) is 11.0 Å². The lowest BCUT2D eigenvalue weighted by Gasteiger charge is -1.93. The summed E-state index contributed by atoms with van der Waals surface area (Å²) in [4.78, 5) is 6.91. The molecule has 1 aromatic carbocycles. The third-order valence-corrected chi connectivity index (χ3v) is 2.10. The van der Waals surface area contributed by atoms with E-state index in [4.69, 9.17) is 23.2 Å². The Morgan fingerprint density at radius 1 is 1.18 bits per heavy atom. The van der Waals surface area contributed by atoms with Gasteiger partial charge in [-0.2, -0.15) is 0 Å². The summed E-state index contributed by atoms with van der Waals surface area (Å²) in [6.07, 6.45) is 1.57. The van der Waals surface area contributed by atoms with Gasteiger partial charge in [-0.05, 0) is 12.1 Å². The maximum absolute atomic E-state index is 5.84. The highest BCUT2D eigenvalue weighted by atomic mass is 35.5. The molecular formula is C7H4Cl2N2. The number of rotatable bonds is 0. The Labute approximate surface area is 73.1 Å². The monoisotopic (exact) mass is 186 g/mol. The zero-order valence-corrected chi connectivity index (χ0v) is 6.95. The van der Waals surface area contributed by atoms with Gasteiger partial charge in [0.25, 0.3) is 0 Å². The van der Waals surface area contributed by atoms with E-state index in [1.54, 1.807) is 18.5 Å². The van der Waals surface area contributed by atoms with Crippen LogP contribution in [-0.2, 0) is 0 Å². The van der Waals surface area contributed by atoms with Crippen LogP contribution < -0.4 is 0 Å². The summed E-state index contributed by atoms with van der Waals surface area (Å²) in [5.41, 5.74) is 1.51. The van der Waals surface area contributed by atoms with Gasteiger partial charge >= 0.3 is 0 Å². The van der Waals surface area contributed by atoms with Crippen LogP contribution in [0.5, 0.6) is 0 Å². The van der Waals surface area contributed by atoms with Crippen molar-refractivity contribution in [2.24, 2.45) is 0 Å². The molecule has 0 atom stereocenters. The van der Waals surface area contributed by atoms with E-state index < -0.39 is 0 Å². The number of nitrogens with zero attached hydrogens (tertiary/aromatic N) is 1. The van der Waals surface area contributed by atoms with Crippen molar-refractivity contribution < 1.29 is 0 Å². The van der Waals surface area contributed by atoms with E-state index in [1.165, 1.54) is 0 Å². The fourth-order valence-electron chi connectivity index (χ4n) is 0.966. The average molecular weight is 187 g/mol. The second kappa shape index (κ2) is 2.40. The molecule has 11 heavy (non-hydrogen) atoms. The lowest BCUT2D eigenvalue weighted by Crippen LogP contribution is -1.72. The molecule has 2 aromatic rings. The number of H-pyrrole nitrogens is 1. The minimum absolute atomic E-state index is 0.616. The van der Waals surface area contributed by atoms with Gasteiger partial charge in [-0.15, -0.1) is 0 Å². The van der Waals surface area contributed by atoms with Crippen LogP contribution in [0.4, 0.5) is 0 Å². The molecule has 0 radical (unpaired) electrons. The number of imidazole rings is 1. The van der Waals surface area contributed by atoms with Crippen LogP contribution in [0.25, 0.3) is 11.0 Å². The molecule has 0 aliphatic heterocycles. The summed E-state index contributed by atoms with van der Waals surface area (Å²) in [5.74, 6) is 0. The first kappa shape index (κ1) is 6.95. The number of aromatic nitrogens is 2. The van der Waals surface area contributed by atoms with Gasteiger partial charge in [0.2, 0.25) is 0 Å². The SMILES string of the molecule is Clc1ccc(Cl)c2[nH]cnc12. The predicted molar refractivity (Wildman–Crippen MR) is 46.1 cm³/mol. The first-order chi connectivity index (χ1) is 5.29. The van der Waals surface area contributed by atoms with Gasteiger partial charge < -0.3 is 4.98 Å². The summed E-state index contributed by atoms with van der Waals surface area (Å²) >= 11 is 11.7. The van der Waals surface area contributed by atoms with Gasteiger partial charge in [0.15, 0.2) is 0 Å². The van der Waals surface area contributed by atoms with Gasteiger partial charge in [-0.3, -0.25) is 0 Å². The normalized spacial score (nSPS) is 10.7. The molecule has 1 N–H and O–H groups in total. The highest BCUT2D eigenvalue weighted by molar-refractivity contribution is 6.39. The molecule has 4 heteroatoms. The molecule has 0 amide bonds. The molecule has 0 aliphatic rings. The molecule has 1 heterocycles. The largest absolute Gasteiger partial charge is 0.343 e. The van der Waals surface area contributed by atoms with Crippen LogP contribution in [0.1, 0.15) is 0 Å². The number of hydrogen-bond donors (Lipinski definition) is 1. The number of benzene rings is 1. The summed E-state index contributed by atoms with van der Waals surface area (Å²) in [6.45, 7) is 0. The summed E-state index contributed by atoms with van der Waals surface area (Å²) in [6, 6.07) is 3.47. The number of halogens is 2. The van der Waals surface area contributed by atoms with Crippen LogP contribution in [0.2, 0.25) is 10.0 Å². The summed E-state index contributed by atoms with van der Waals surface area (Å²) in [5, 5.41) is 1.26. The van der Waals surface area contributed by atoms with Gasteiger partial charge in [0.05, 0.1) is 21.9 Å². The number of fused-ring (bicyclic) bond motifs is 1. The lowest BCUT2D eigenvalue weighted by molar-refractivity contribution is 1.34. The lowest BCUT2D eigenvalue weighted by atomic mass is 10.3. The molecule has 56 valence electrons. The molecule has 0 unspecified atom stereocenters. The Hall–Kier alpha value is -0.730. The Morgan fingerprint density at radius 3 is 2.64 bits per heavy atom. The molecule has 0 bridgehead atoms. The third kappa shape index (κ3) is 0.988. The van der Waals surface area contributed by atoms with Crippen molar-refractivity contribution in [1.82, 2.24) is 9.97 Å². The molecule has 0 saturated heterocycles. The smallest absolute Gasteiger partial charge is 0.108 e.